The molecule has 1 amide bonds. The van der Waals surface area contributed by atoms with Crippen LogP contribution in [0.4, 0.5) is 4.79 Å². The Morgan fingerprint density at radius 1 is 1.12 bits per heavy atom. The number of ether oxygens (including phenoxy) is 2. The highest BCUT2D eigenvalue weighted by atomic mass is 16.6. The molecule has 1 fully saturated rings. The molecular formula is C24H32BN2O7. The zero-order valence-corrected chi connectivity index (χ0v) is 19.4. The van der Waals surface area contributed by atoms with E-state index in [2.05, 4.69) is 4.65 Å². The summed E-state index contributed by atoms with van der Waals surface area (Å²) in [6.45, 7) is 4.37. The summed E-state index contributed by atoms with van der Waals surface area (Å²) in [4.78, 5) is 25.0. The van der Waals surface area contributed by atoms with Crippen molar-refractivity contribution in [3.8, 4) is 5.75 Å². The van der Waals surface area contributed by atoms with Crippen molar-refractivity contribution in [2.24, 2.45) is 11.7 Å². The molecule has 1 aliphatic rings. The number of aliphatic carboxylic acids is 1. The summed E-state index contributed by atoms with van der Waals surface area (Å²) in [5.74, 6) is 0.0897. The lowest BCUT2D eigenvalue weighted by molar-refractivity contribution is -0.141. The quantitative estimate of drug-likeness (QED) is 0.376. The van der Waals surface area contributed by atoms with Crippen molar-refractivity contribution in [3.63, 3.8) is 0 Å². The predicted molar refractivity (Wildman–Crippen MR) is 127 cm³/mol. The Kier molecular flexibility index (Phi) is 11.4. The third kappa shape index (κ3) is 9.42. The van der Waals surface area contributed by atoms with E-state index in [0.717, 1.165) is 12.0 Å². The van der Waals surface area contributed by atoms with Gasteiger partial charge in [0.1, 0.15) is 24.5 Å². The molecule has 0 saturated carbocycles. The van der Waals surface area contributed by atoms with E-state index >= 15 is 0 Å². The van der Waals surface area contributed by atoms with E-state index in [0.29, 0.717) is 19.4 Å². The molecule has 2 aromatic carbocycles. The van der Waals surface area contributed by atoms with Crippen LogP contribution in [-0.4, -0.2) is 59.7 Å². The van der Waals surface area contributed by atoms with Gasteiger partial charge in [-0.25, -0.2) is 9.59 Å². The molecule has 1 aliphatic heterocycles. The minimum atomic E-state index is -1.06. The molecule has 3 atom stereocenters. The number of carbonyl (C=O) groups excluding carboxylic acids is 1. The maximum absolute atomic E-state index is 12.3. The Morgan fingerprint density at radius 2 is 1.74 bits per heavy atom. The van der Waals surface area contributed by atoms with Gasteiger partial charge >= 0.3 is 19.7 Å². The summed E-state index contributed by atoms with van der Waals surface area (Å²) in [7, 11) is 0.632. The van der Waals surface area contributed by atoms with Gasteiger partial charge in [-0.15, -0.1) is 0 Å². The number of para-hydroxylation sites is 1. The first-order valence-corrected chi connectivity index (χ1v) is 11.1. The topological polar surface area (TPSA) is 132 Å². The maximum Gasteiger partial charge on any atom is 0.486 e. The minimum Gasteiger partial charge on any atom is -0.488 e. The largest absolute Gasteiger partial charge is 0.488 e. The van der Waals surface area contributed by atoms with Crippen molar-refractivity contribution in [1.29, 1.82) is 0 Å². The molecule has 4 N–H and O–H groups in total. The average Bonchev–Trinajstić information content (AvgIpc) is 3.23. The van der Waals surface area contributed by atoms with E-state index in [4.69, 9.17) is 20.2 Å². The van der Waals surface area contributed by atoms with Gasteiger partial charge in [-0.2, -0.15) is 0 Å². The van der Waals surface area contributed by atoms with Gasteiger partial charge in [0.2, 0.25) is 0 Å². The summed E-state index contributed by atoms with van der Waals surface area (Å²) in [5, 5.41) is 17.5. The van der Waals surface area contributed by atoms with Gasteiger partial charge in [-0.1, -0.05) is 62.4 Å². The zero-order valence-electron chi connectivity index (χ0n) is 19.4. The molecule has 1 radical (unpaired) electrons. The number of carboxylic acid groups (broad SMARTS) is 1. The Morgan fingerprint density at radius 3 is 2.29 bits per heavy atom. The lowest BCUT2D eigenvalue weighted by Gasteiger charge is -2.20. The first-order valence-electron chi connectivity index (χ1n) is 11.1. The fourth-order valence-electron chi connectivity index (χ4n) is 3.41. The van der Waals surface area contributed by atoms with Crippen molar-refractivity contribution in [3.05, 3.63) is 66.2 Å². The van der Waals surface area contributed by atoms with Gasteiger partial charge < -0.3 is 30.0 Å². The number of benzene rings is 2. The lowest BCUT2D eigenvalue weighted by atomic mass is 10.1. The number of nitrogens with two attached hydrogens (primary N) is 1. The second-order valence-corrected chi connectivity index (χ2v) is 8.24. The number of amides is 1. The van der Waals surface area contributed by atoms with Crippen molar-refractivity contribution < 1.29 is 33.8 Å². The van der Waals surface area contributed by atoms with Crippen molar-refractivity contribution in [2.45, 2.75) is 51.7 Å². The SMILES string of the molecule is CC(C)C[C@H](N)O[B]O.O=C(O)[C@@H]1C[C@@H](Oc2ccccc2)CN1C(=O)OCc1ccccc1. The summed E-state index contributed by atoms with van der Waals surface area (Å²) in [5.41, 5.74) is 6.22. The van der Waals surface area contributed by atoms with Crippen LogP contribution in [0.3, 0.4) is 0 Å². The lowest BCUT2D eigenvalue weighted by Crippen LogP contribution is -2.40. The van der Waals surface area contributed by atoms with Crippen LogP contribution in [0.15, 0.2) is 60.7 Å². The number of hydrogen-bond donors (Lipinski definition) is 3. The van der Waals surface area contributed by atoms with Gasteiger partial charge in [0.05, 0.1) is 12.8 Å². The number of carboxylic acids is 1. The summed E-state index contributed by atoms with van der Waals surface area (Å²) < 4.78 is 15.6. The van der Waals surface area contributed by atoms with E-state index in [1.807, 2.05) is 62.4 Å². The van der Waals surface area contributed by atoms with Gasteiger partial charge in [0.15, 0.2) is 0 Å². The van der Waals surface area contributed by atoms with E-state index in [1.54, 1.807) is 12.1 Å². The van der Waals surface area contributed by atoms with E-state index in [-0.39, 0.29) is 31.9 Å². The van der Waals surface area contributed by atoms with Crippen LogP contribution in [0, 0.1) is 5.92 Å². The third-order valence-corrected chi connectivity index (χ3v) is 4.97. The number of likely N-dealkylation sites (tertiary alicyclic amines) is 1. The molecule has 1 saturated heterocycles. The molecule has 0 aliphatic carbocycles. The highest BCUT2D eigenvalue weighted by Crippen LogP contribution is 2.24. The van der Waals surface area contributed by atoms with Crippen LogP contribution < -0.4 is 10.5 Å². The summed E-state index contributed by atoms with van der Waals surface area (Å²) in [6, 6.07) is 17.4. The summed E-state index contributed by atoms with van der Waals surface area (Å²) >= 11 is 0. The number of rotatable bonds is 9. The molecule has 0 aromatic heterocycles. The van der Waals surface area contributed by atoms with E-state index in [9.17, 15) is 14.7 Å². The van der Waals surface area contributed by atoms with E-state index < -0.39 is 18.1 Å². The van der Waals surface area contributed by atoms with Crippen LogP contribution in [0.2, 0.25) is 0 Å². The fourth-order valence-corrected chi connectivity index (χ4v) is 3.41. The average molecular weight is 471 g/mol. The first kappa shape index (κ1) is 27.2. The zero-order chi connectivity index (χ0) is 24.9. The van der Waals surface area contributed by atoms with E-state index in [1.165, 1.54) is 4.90 Å². The monoisotopic (exact) mass is 471 g/mol. The van der Waals surface area contributed by atoms with Crippen LogP contribution in [0.1, 0.15) is 32.3 Å². The van der Waals surface area contributed by atoms with Crippen molar-refractivity contribution >= 4 is 19.7 Å². The third-order valence-electron chi connectivity index (χ3n) is 4.97. The van der Waals surface area contributed by atoms with Gasteiger partial charge in [0, 0.05) is 6.42 Å². The second-order valence-electron chi connectivity index (χ2n) is 8.24. The van der Waals surface area contributed by atoms with Gasteiger partial charge in [-0.3, -0.25) is 4.90 Å². The molecule has 0 unspecified atom stereocenters. The number of hydrogen-bond acceptors (Lipinski definition) is 7. The Balaban J connectivity index is 0.000000387. The molecule has 3 rings (SSSR count). The predicted octanol–water partition coefficient (Wildman–Crippen LogP) is 2.79. The molecule has 0 bridgehead atoms. The smallest absolute Gasteiger partial charge is 0.486 e. The number of nitrogens with zero attached hydrogens (tertiary/aromatic N) is 1. The molecular weight excluding hydrogens is 439 g/mol. The molecule has 9 nitrogen and oxygen atoms in total. The van der Waals surface area contributed by atoms with Crippen molar-refractivity contribution in [2.75, 3.05) is 6.54 Å². The standard InChI is InChI=1S/C19H19NO5.C5H13BNO2/c21-18(22)17-11-16(25-15-9-5-2-6-10-15)12-20(17)19(23)24-13-14-7-3-1-4-8-14;1-4(2)3-5(7)9-6-8/h1-10,16-17H,11-13H2,(H,21,22);4-5,8H,3,7H2,1-2H3/t16-,17+;5-/m11/s1. The van der Waals surface area contributed by atoms with Gasteiger partial charge in [-0.05, 0) is 30.0 Å². The van der Waals surface area contributed by atoms with Gasteiger partial charge in [0.25, 0.3) is 0 Å². The van der Waals surface area contributed by atoms with Crippen LogP contribution in [0.25, 0.3) is 0 Å². The first-order chi connectivity index (χ1) is 16.3. The molecule has 10 heteroatoms. The maximum atomic E-state index is 12.3. The molecule has 0 spiro atoms. The van der Waals surface area contributed by atoms with Crippen LogP contribution >= 0.6 is 0 Å². The minimum absolute atomic E-state index is 0.104. The Hall–Kier alpha value is -3.08. The highest BCUT2D eigenvalue weighted by Gasteiger charge is 2.41. The van der Waals surface area contributed by atoms with Crippen LogP contribution in [-0.2, 0) is 20.8 Å². The number of carbonyl (C=O) groups is 2. The summed E-state index contributed by atoms with van der Waals surface area (Å²) in [6.07, 6.45) is -0.403. The molecule has 183 valence electrons. The second kappa shape index (κ2) is 14.2. The molecule has 34 heavy (non-hydrogen) atoms. The molecule has 2 aromatic rings. The Bertz CT molecular complexity index is 870. The highest BCUT2D eigenvalue weighted by molar-refractivity contribution is 6.15. The fraction of sp³-hybridized carbons (Fsp3) is 0.417. The normalized spacial score (nSPS) is 18.0. The van der Waals surface area contributed by atoms with Crippen LogP contribution in [0.5, 0.6) is 5.75 Å². The molecule has 1 heterocycles. The Labute approximate surface area is 200 Å². The van der Waals surface area contributed by atoms with Crippen molar-refractivity contribution in [1.82, 2.24) is 4.90 Å².